The number of aromatic nitrogens is 4. The summed E-state index contributed by atoms with van der Waals surface area (Å²) in [6.07, 6.45) is 0.150. The predicted octanol–water partition coefficient (Wildman–Crippen LogP) is -2.32. The third kappa shape index (κ3) is 5.31. The molecule has 2 atom stereocenters. The fourth-order valence-electron chi connectivity index (χ4n) is 5.94. The highest BCUT2D eigenvalue weighted by Gasteiger charge is 2.31. The first-order valence-corrected chi connectivity index (χ1v) is 14.2. The van der Waals surface area contributed by atoms with E-state index in [0.29, 0.717) is 11.1 Å². The number of aryl methyl sites for hydroxylation is 1. The molecule has 0 amide bonds. The molecule has 206 valence electrons. The number of piperazine rings is 1. The van der Waals surface area contributed by atoms with Gasteiger partial charge in [0.1, 0.15) is 22.9 Å². The van der Waals surface area contributed by atoms with Gasteiger partial charge in [0, 0.05) is 87.9 Å². The summed E-state index contributed by atoms with van der Waals surface area (Å²) in [6.45, 7) is 11.9. The molecule has 3 aromatic rings. The second-order valence-electron chi connectivity index (χ2n) is 11.4. The van der Waals surface area contributed by atoms with E-state index in [-0.39, 0.29) is 18.2 Å². The Morgan fingerprint density at radius 3 is 2.38 bits per heavy atom. The Hall–Kier alpha value is -3.46. The number of hydrogen-bond acceptors (Lipinski definition) is 11. The van der Waals surface area contributed by atoms with Gasteiger partial charge in [-0.2, -0.15) is 10.2 Å². The summed E-state index contributed by atoms with van der Waals surface area (Å²) in [5, 5.41) is 9.65. The van der Waals surface area contributed by atoms with Crippen molar-refractivity contribution in [2.24, 2.45) is 5.73 Å². The zero-order valence-electron chi connectivity index (χ0n) is 23.8. The highest BCUT2D eigenvalue weighted by Crippen LogP contribution is 2.29. The minimum absolute atomic E-state index is 0.0675. The lowest BCUT2D eigenvalue weighted by Crippen LogP contribution is -2.56. The van der Waals surface area contributed by atoms with Crippen molar-refractivity contribution in [3.05, 3.63) is 29.5 Å². The number of morpholine rings is 1. The zero-order chi connectivity index (χ0) is 28.0. The van der Waals surface area contributed by atoms with Gasteiger partial charge in [-0.3, -0.25) is 14.9 Å². The van der Waals surface area contributed by atoms with Gasteiger partial charge in [-0.25, -0.2) is 4.98 Å². The molecule has 0 bridgehead atoms. The highest BCUT2D eigenvalue weighted by molar-refractivity contribution is 6.46. The summed E-state index contributed by atoms with van der Waals surface area (Å²) in [7, 11) is 3.91. The molecular weight excluding hydrogens is 502 g/mol. The van der Waals surface area contributed by atoms with Crippen LogP contribution in [0.3, 0.4) is 0 Å². The van der Waals surface area contributed by atoms with E-state index in [2.05, 4.69) is 32.6 Å². The molecule has 5 heterocycles. The molecule has 3 saturated heterocycles. The summed E-state index contributed by atoms with van der Waals surface area (Å²) >= 11 is 0. The summed E-state index contributed by atoms with van der Waals surface area (Å²) < 4.78 is 6.41. The molecule has 13 heteroatoms. The monoisotopic (exact) mass is 538 g/mol. The number of nitrogens with zero attached hydrogens (tertiary/aromatic N) is 9. The van der Waals surface area contributed by atoms with E-state index in [1.165, 1.54) is 0 Å². The molecule has 3 aliphatic rings. The largest absolute Gasteiger partial charge is 0.370 e. The number of hydrogen-bond donors (Lipinski definition) is 1. The molecule has 1 aromatic carbocycles. The van der Waals surface area contributed by atoms with E-state index < -0.39 is 0 Å². The summed E-state index contributed by atoms with van der Waals surface area (Å²) in [4.78, 5) is 28.5. The topological polar surface area (TPSA) is 124 Å². The Kier molecular flexibility index (Phi) is 7.25. The van der Waals surface area contributed by atoms with Crippen LogP contribution in [-0.2, 0) is 4.74 Å². The van der Waals surface area contributed by atoms with E-state index in [1.54, 1.807) is 0 Å². The van der Waals surface area contributed by atoms with Crippen molar-refractivity contribution in [2.75, 3.05) is 73.6 Å². The Morgan fingerprint density at radius 2 is 1.68 bits per heavy atom. The van der Waals surface area contributed by atoms with E-state index in [4.69, 9.17) is 30.4 Å². The van der Waals surface area contributed by atoms with Crippen LogP contribution in [-0.4, -0.2) is 118 Å². The minimum atomic E-state index is 0.0675. The molecule has 11 nitrogen and oxygen atoms in total. The lowest BCUT2D eigenvalue weighted by Gasteiger charge is -2.42. The maximum atomic E-state index is 9.65. The van der Waals surface area contributed by atoms with Gasteiger partial charge in [-0.15, -0.1) is 0 Å². The molecule has 3 aliphatic heterocycles. The third-order valence-corrected chi connectivity index (χ3v) is 8.18. The Morgan fingerprint density at radius 1 is 0.950 bits per heavy atom. The number of fused-ring (bicyclic) bond motifs is 1. The second-order valence-corrected chi connectivity index (χ2v) is 11.4. The van der Waals surface area contributed by atoms with Gasteiger partial charge in [0.15, 0.2) is 15.7 Å². The molecule has 0 spiro atoms. The number of benzene rings is 1. The molecule has 6 rings (SSSR count). The van der Waals surface area contributed by atoms with Crippen molar-refractivity contribution in [1.82, 2.24) is 24.8 Å². The first-order chi connectivity index (χ1) is 19.3. The fraction of sp³-hybridized carbons (Fsp3) is 0.519. The average molecular weight is 538 g/mol. The van der Waals surface area contributed by atoms with E-state index in [9.17, 15) is 5.26 Å². The van der Waals surface area contributed by atoms with Crippen LogP contribution in [0.4, 0.5) is 17.5 Å². The first-order valence-electron chi connectivity index (χ1n) is 14.2. The molecule has 40 heavy (non-hydrogen) atoms. The number of nitrogens with two attached hydrogens (primary N) is 1. The van der Waals surface area contributed by atoms with Crippen LogP contribution in [0.2, 0.25) is 0 Å². The smallest absolute Gasteiger partial charge is 0.227 e. The molecule has 2 aromatic heterocycles. The van der Waals surface area contributed by atoms with Gasteiger partial charge in [0.25, 0.3) is 0 Å². The van der Waals surface area contributed by atoms with Crippen molar-refractivity contribution in [1.29, 1.82) is 5.26 Å². The molecular formula is C27H36B2N10O. The second kappa shape index (κ2) is 10.8. The highest BCUT2D eigenvalue weighted by atomic mass is 16.5. The molecule has 0 aliphatic carbocycles. The summed E-state index contributed by atoms with van der Waals surface area (Å²) in [5.41, 5.74) is 11.8. The maximum Gasteiger partial charge on any atom is 0.227 e. The number of nitriles is 1. The third-order valence-electron chi connectivity index (χ3n) is 8.18. The van der Waals surface area contributed by atoms with Crippen molar-refractivity contribution >= 4 is 55.4 Å². The van der Waals surface area contributed by atoms with E-state index in [1.807, 2.05) is 40.8 Å². The summed E-state index contributed by atoms with van der Waals surface area (Å²) in [6, 6.07) is 8.44. The first kappa shape index (κ1) is 26.7. The van der Waals surface area contributed by atoms with Gasteiger partial charge in [0.2, 0.25) is 5.95 Å². The SMILES string of the molecule is Bc1nc2c(C#N)ccc(N3C[C@H](CN4CCN(c5nc(C)cc(N6CC(N)C6)n5)CC4)O[C@H](C)C3)c2nc1B. The Balaban J connectivity index is 1.12. The quantitative estimate of drug-likeness (QED) is 0.353. The van der Waals surface area contributed by atoms with Crippen molar-refractivity contribution in [3.63, 3.8) is 0 Å². The lowest BCUT2D eigenvalue weighted by atomic mass is 9.90. The van der Waals surface area contributed by atoms with Gasteiger partial charge in [-0.05, 0) is 26.0 Å². The lowest BCUT2D eigenvalue weighted by molar-refractivity contribution is -0.0327. The number of rotatable bonds is 5. The van der Waals surface area contributed by atoms with Crippen LogP contribution >= 0.6 is 0 Å². The van der Waals surface area contributed by atoms with E-state index >= 15 is 0 Å². The van der Waals surface area contributed by atoms with Crippen LogP contribution in [0.1, 0.15) is 18.2 Å². The zero-order valence-corrected chi connectivity index (χ0v) is 23.8. The standard InChI is InChI=1S/C27H36B2N10O/c1-16-9-22(39-12-19(31)13-39)33-27(32-16)37-7-5-36(6-8-37)14-20-15-38(11-17(2)40-20)21-4-3-18(10-30)23-24(21)35-26(29)25(28)34-23/h3-4,9,17,19-20H,5-8,11-15,28-29,31H2,1-2H3/t17-,20+/m1/s1. The van der Waals surface area contributed by atoms with Crippen molar-refractivity contribution in [2.45, 2.75) is 32.1 Å². The Bertz CT molecular complexity index is 1450. The molecule has 0 saturated carbocycles. The van der Waals surface area contributed by atoms with Gasteiger partial charge < -0.3 is 25.2 Å². The van der Waals surface area contributed by atoms with Gasteiger partial charge >= 0.3 is 0 Å². The Labute approximate surface area is 237 Å². The van der Waals surface area contributed by atoms with Crippen molar-refractivity contribution < 1.29 is 4.74 Å². The van der Waals surface area contributed by atoms with Gasteiger partial charge in [0.05, 0.1) is 23.5 Å². The number of ether oxygens (including phenoxy) is 1. The maximum absolute atomic E-state index is 9.65. The van der Waals surface area contributed by atoms with Crippen LogP contribution < -0.4 is 31.6 Å². The van der Waals surface area contributed by atoms with Crippen LogP contribution in [0.15, 0.2) is 18.2 Å². The minimum Gasteiger partial charge on any atom is -0.370 e. The fourth-order valence-corrected chi connectivity index (χ4v) is 5.94. The van der Waals surface area contributed by atoms with Crippen LogP contribution in [0.5, 0.6) is 0 Å². The number of anilines is 3. The normalized spacial score (nSPS) is 22.4. The van der Waals surface area contributed by atoms with Crippen LogP contribution in [0.25, 0.3) is 11.0 Å². The molecule has 3 fully saturated rings. The van der Waals surface area contributed by atoms with E-state index in [0.717, 1.165) is 98.8 Å². The molecule has 0 unspecified atom stereocenters. The summed E-state index contributed by atoms with van der Waals surface area (Å²) in [5.74, 6) is 1.78. The van der Waals surface area contributed by atoms with Crippen molar-refractivity contribution in [3.8, 4) is 6.07 Å². The average Bonchev–Trinajstić information content (AvgIpc) is 2.91. The van der Waals surface area contributed by atoms with Crippen LogP contribution in [0, 0.1) is 18.3 Å². The van der Waals surface area contributed by atoms with Gasteiger partial charge in [-0.1, -0.05) is 0 Å². The predicted molar refractivity (Wildman–Crippen MR) is 163 cm³/mol. The molecule has 2 N–H and O–H groups in total. The molecule has 0 radical (unpaired) electrons.